The number of rotatable bonds is 3. The van der Waals surface area contributed by atoms with Crippen molar-refractivity contribution in [3.05, 3.63) is 29.3 Å². The molecule has 0 spiro atoms. The van der Waals surface area contributed by atoms with Crippen molar-refractivity contribution < 1.29 is 17.2 Å². The van der Waals surface area contributed by atoms with Crippen molar-refractivity contribution in [2.75, 3.05) is 6.54 Å². The van der Waals surface area contributed by atoms with Gasteiger partial charge in [0.1, 0.15) is 16.5 Å². The van der Waals surface area contributed by atoms with Crippen molar-refractivity contribution in [3.8, 4) is 0 Å². The molecule has 4 nitrogen and oxygen atoms in total. The Kier molecular flexibility index (Phi) is 4.41. The quantitative estimate of drug-likeness (QED) is 0.893. The molecule has 7 heteroatoms. The molecule has 2 atom stereocenters. The van der Waals surface area contributed by atoms with E-state index in [-0.39, 0.29) is 17.6 Å². The molecule has 0 saturated carbocycles. The van der Waals surface area contributed by atoms with E-state index >= 15 is 0 Å². The van der Waals surface area contributed by atoms with E-state index in [0.717, 1.165) is 6.07 Å². The monoisotopic (exact) mass is 304 g/mol. The second kappa shape index (κ2) is 5.75. The number of benzene rings is 1. The lowest BCUT2D eigenvalue weighted by molar-refractivity contribution is 0.361. The number of nitrogens with one attached hydrogen (secondary N) is 2. The first-order valence-electron chi connectivity index (χ1n) is 6.51. The Bertz CT molecular complexity index is 605. The summed E-state index contributed by atoms with van der Waals surface area (Å²) in [6.45, 7) is 4.07. The Morgan fingerprint density at radius 1 is 1.30 bits per heavy atom. The molecule has 0 aliphatic carbocycles. The molecule has 2 N–H and O–H groups in total. The fourth-order valence-corrected chi connectivity index (χ4v) is 3.79. The molecule has 1 aromatic rings. The van der Waals surface area contributed by atoms with Gasteiger partial charge in [-0.3, -0.25) is 0 Å². The van der Waals surface area contributed by atoms with Crippen LogP contribution in [0.4, 0.5) is 8.78 Å². The third-order valence-electron chi connectivity index (χ3n) is 3.45. The summed E-state index contributed by atoms with van der Waals surface area (Å²) in [5, 5.41) is 3.21. The Hall–Kier alpha value is -1.05. The summed E-state index contributed by atoms with van der Waals surface area (Å²) in [7, 11) is -3.97. The van der Waals surface area contributed by atoms with E-state index < -0.39 is 26.6 Å². The van der Waals surface area contributed by atoms with Crippen molar-refractivity contribution in [1.29, 1.82) is 0 Å². The molecule has 1 heterocycles. The summed E-state index contributed by atoms with van der Waals surface area (Å²) in [5.41, 5.74) is 0.102. The predicted molar refractivity (Wildman–Crippen MR) is 71.9 cm³/mol. The van der Waals surface area contributed by atoms with Gasteiger partial charge in [0.15, 0.2) is 0 Å². The maximum Gasteiger partial charge on any atom is 0.243 e. The second-order valence-corrected chi connectivity index (χ2v) is 6.91. The van der Waals surface area contributed by atoms with Crippen molar-refractivity contribution >= 4 is 10.0 Å². The van der Waals surface area contributed by atoms with E-state index in [4.69, 9.17) is 0 Å². The summed E-state index contributed by atoms with van der Waals surface area (Å²) >= 11 is 0. The molecule has 112 valence electrons. The van der Waals surface area contributed by atoms with Crippen LogP contribution in [-0.2, 0) is 10.0 Å². The van der Waals surface area contributed by atoms with Gasteiger partial charge in [0.05, 0.1) is 0 Å². The third-order valence-corrected chi connectivity index (χ3v) is 4.98. The lowest BCUT2D eigenvalue weighted by Crippen LogP contribution is -2.46. The molecule has 1 fully saturated rings. The van der Waals surface area contributed by atoms with Crippen molar-refractivity contribution in [1.82, 2.24) is 10.0 Å². The van der Waals surface area contributed by atoms with Gasteiger partial charge in [-0.2, -0.15) is 0 Å². The van der Waals surface area contributed by atoms with Crippen molar-refractivity contribution in [2.45, 2.75) is 43.7 Å². The molecule has 1 aliphatic rings. The van der Waals surface area contributed by atoms with Crippen LogP contribution >= 0.6 is 0 Å². The molecule has 1 aliphatic heterocycles. The average Bonchev–Trinajstić information content (AvgIpc) is 2.33. The van der Waals surface area contributed by atoms with Crippen LogP contribution in [0.3, 0.4) is 0 Å². The molecule has 1 aromatic carbocycles. The Balaban J connectivity index is 2.24. The Morgan fingerprint density at radius 3 is 2.65 bits per heavy atom. The summed E-state index contributed by atoms with van der Waals surface area (Å²) in [6, 6.07) is 1.60. The van der Waals surface area contributed by atoms with Gasteiger partial charge in [0.25, 0.3) is 0 Å². The number of sulfonamides is 1. The van der Waals surface area contributed by atoms with Crippen molar-refractivity contribution in [2.24, 2.45) is 0 Å². The molecule has 20 heavy (non-hydrogen) atoms. The lowest BCUT2D eigenvalue weighted by atomic mass is 10.0. The largest absolute Gasteiger partial charge is 0.314 e. The number of halogens is 2. The van der Waals surface area contributed by atoms with E-state index in [0.29, 0.717) is 25.5 Å². The molecule has 0 bridgehead atoms. The van der Waals surface area contributed by atoms with Gasteiger partial charge in [0.2, 0.25) is 10.0 Å². The first-order valence-corrected chi connectivity index (χ1v) is 7.99. The highest BCUT2D eigenvalue weighted by Crippen LogP contribution is 2.20. The molecular formula is C13H18F2N2O2S. The summed E-state index contributed by atoms with van der Waals surface area (Å²) in [6.07, 6.45) is 1.28. The number of aryl methyl sites for hydroxylation is 1. The van der Waals surface area contributed by atoms with Crippen LogP contribution in [0.5, 0.6) is 0 Å². The molecule has 0 aromatic heterocycles. The van der Waals surface area contributed by atoms with E-state index in [2.05, 4.69) is 10.0 Å². The third kappa shape index (κ3) is 3.34. The maximum atomic E-state index is 13.7. The zero-order chi connectivity index (χ0) is 14.9. The van der Waals surface area contributed by atoms with Gasteiger partial charge in [-0.05, 0) is 44.9 Å². The first kappa shape index (κ1) is 15.3. The Labute approximate surface area is 117 Å². The number of hydrogen-bond donors (Lipinski definition) is 2. The summed E-state index contributed by atoms with van der Waals surface area (Å²) in [4.78, 5) is -0.498. The zero-order valence-electron chi connectivity index (χ0n) is 11.4. The maximum absolute atomic E-state index is 13.7. The van der Waals surface area contributed by atoms with E-state index in [1.165, 1.54) is 6.92 Å². The van der Waals surface area contributed by atoms with Crippen LogP contribution in [0, 0.1) is 18.6 Å². The van der Waals surface area contributed by atoms with Gasteiger partial charge < -0.3 is 5.32 Å². The minimum atomic E-state index is -3.97. The van der Waals surface area contributed by atoms with E-state index in [9.17, 15) is 17.2 Å². The SMILES string of the molecule is Cc1cc(S(=O)(=O)NC2CCNC(C)C2)c(F)cc1F. The lowest BCUT2D eigenvalue weighted by Gasteiger charge is -2.28. The molecule has 1 saturated heterocycles. The van der Waals surface area contributed by atoms with Crippen LogP contribution in [0.2, 0.25) is 0 Å². The van der Waals surface area contributed by atoms with Crippen molar-refractivity contribution in [3.63, 3.8) is 0 Å². The minimum Gasteiger partial charge on any atom is -0.314 e. The number of hydrogen-bond acceptors (Lipinski definition) is 3. The average molecular weight is 304 g/mol. The molecule has 2 rings (SSSR count). The second-order valence-electron chi connectivity index (χ2n) is 5.23. The molecule has 0 radical (unpaired) electrons. The van der Waals surface area contributed by atoms with Gasteiger partial charge in [-0.15, -0.1) is 0 Å². The minimum absolute atomic E-state index is 0.102. The highest BCUT2D eigenvalue weighted by Gasteiger charge is 2.27. The summed E-state index contributed by atoms with van der Waals surface area (Å²) in [5.74, 6) is -1.82. The van der Waals surface area contributed by atoms with Crippen LogP contribution in [0.1, 0.15) is 25.3 Å². The zero-order valence-corrected chi connectivity index (χ0v) is 12.2. The van der Waals surface area contributed by atoms with Gasteiger partial charge in [0, 0.05) is 18.2 Å². The molecule has 2 unspecified atom stereocenters. The summed E-state index contributed by atoms with van der Waals surface area (Å²) < 4.78 is 53.8. The smallest absolute Gasteiger partial charge is 0.243 e. The fraction of sp³-hybridized carbons (Fsp3) is 0.538. The normalized spacial score (nSPS) is 23.8. The molecule has 0 amide bonds. The van der Waals surface area contributed by atoms with E-state index in [1.54, 1.807) is 0 Å². The van der Waals surface area contributed by atoms with Crippen LogP contribution in [0.25, 0.3) is 0 Å². The Morgan fingerprint density at radius 2 is 2.00 bits per heavy atom. The predicted octanol–water partition coefficient (Wildman–Crippen LogP) is 1.69. The first-order chi connectivity index (χ1) is 9.29. The van der Waals surface area contributed by atoms with Gasteiger partial charge in [-0.1, -0.05) is 0 Å². The van der Waals surface area contributed by atoms with Gasteiger partial charge >= 0.3 is 0 Å². The highest BCUT2D eigenvalue weighted by molar-refractivity contribution is 7.89. The van der Waals surface area contributed by atoms with Crippen LogP contribution < -0.4 is 10.0 Å². The number of piperidine rings is 1. The fourth-order valence-electron chi connectivity index (χ4n) is 2.36. The van der Waals surface area contributed by atoms with E-state index in [1.807, 2.05) is 6.92 Å². The highest BCUT2D eigenvalue weighted by atomic mass is 32.2. The standard InChI is InChI=1S/C13H18F2N2O2S/c1-8-5-13(12(15)7-11(8)14)20(18,19)17-10-3-4-16-9(2)6-10/h5,7,9-10,16-17H,3-4,6H2,1-2H3. The molecular weight excluding hydrogens is 286 g/mol. The van der Waals surface area contributed by atoms with Crippen LogP contribution in [0.15, 0.2) is 17.0 Å². The van der Waals surface area contributed by atoms with Crippen LogP contribution in [-0.4, -0.2) is 27.0 Å². The topological polar surface area (TPSA) is 58.2 Å². The van der Waals surface area contributed by atoms with Gasteiger partial charge in [-0.25, -0.2) is 21.9 Å².